The number of benzene rings is 1. The van der Waals surface area contributed by atoms with Gasteiger partial charge in [-0.3, -0.25) is 4.79 Å². The van der Waals surface area contributed by atoms with Crippen LogP contribution in [0.25, 0.3) is 0 Å². The molecule has 0 atom stereocenters. The number of halogens is 1. The van der Waals surface area contributed by atoms with Crippen LogP contribution in [0.3, 0.4) is 0 Å². The summed E-state index contributed by atoms with van der Waals surface area (Å²) >= 11 is 5.93. The predicted octanol–water partition coefficient (Wildman–Crippen LogP) is 2.58. The van der Waals surface area contributed by atoms with Crippen molar-refractivity contribution in [1.82, 2.24) is 9.97 Å². The quantitative estimate of drug-likeness (QED) is 0.794. The van der Waals surface area contributed by atoms with Gasteiger partial charge in [0.05, 0.1) is 5.56 Å². The van der Waals surface area contributed by atoms with Gasteiger partial charge in [0.2, 0.25) is 5.95 Å². The lowest BCUT2D eigenvalue weighted by atomic mass is 10.2. The molecule has 1 heterocycles. The van der Waals surface area contributed by atoms with Gasteiger partial charge in [0, 0.05) is 31.0 Å². The minimum absolute atomic E-state index is 0.468. The first-order valence-corrected chi connectivity index (χ1v) is 5.79. The molecule has 92 valence electrons. The van der Waals surface area contributed by atoms with Crippen LogP contribution in [0.15, 0.2) is 36.7 Å². The summed E-state index contributed by atoms with van der Waals surface area (Å²) in [4.78, 5) is 20.6. The molecule has 5 heteroatoms. The fourth-order valence-corrected chi connectivity index (χ4v) is 1.78. The second kappa shape index (κ2) is 5.60. The van der Waals surface area contributed by atoms with Crippen LogP contribution < -0.4 is 4.90 Å². The molecule has 0 amide bonds. The molecule has 0 aliphatic heterocycles. The largest absolute Gasteiger partial charge is 0.340 e. The van der Waals surface area contributed by atoms with E-state index in [2.05, 4.69) is 9.97 Å². The van der Waals surface area contributed by atoms with Crippen LogP contribution in [0.5, 0.6) is 0 Å². The summed E-state index contributed by atoms with van der Waals surface area (Å²) in [5.41, 5.74) is 1.54. The van der Waals surface area contributed by atoms with Gasteiger partial charge in [-0.2, -0.15) is 0 Å². The predicted molar refractivity (Wildman–Crippen MR) is 71.0 cm³/mol. The molecule has 0 saturated carbocycles. The van der Waals surface area contributed by atoms with Gasteiger partial charge in [0.1, 0.15) is 0 Å². The highest BCUT2D eigenvalue weighted by Gasteiger charge is 2.05. The molecule has 4 nitrogen and oxygen atoms in total. The summed E-state index contributed by atoms with van der Waals surface area (Å²) in [6.45, 7) is 0.654. The maximum atomic E-state index is 10.5. The highest BCUT2D eigenvalue weighted by atomic mass is 35.5. The van der Waals surface area contributed by atoms with Crippen molar-refractivity contribution in [3.63, 3.8) is 0 Å². The van der Waals surface area contributed by atoms with Crippen molar-refractivity contribution in [2.24, 2.45) is 0 Å². The molecule has 2 aromatic rings. The Labute approximate surface area is 110 Å². The molecule has 0 fully saturated rings. The SMILES string of the molecule is CN(Cc1cccc(Cl)c1)c1ncc(C=O)cn1. The molecule has 0 aliphatic carbocycles. The van der Waals surface area contributed by atoms with Gasteiger partial charge in [-0.25, -0.2) is 9.97 Å². The van der Waals surface area contributed by atoms with Gasteiger partial charge in [-0.05, 0) is 17.7 Å². The summed E-state index contributed by atoms with van der Waals surface area (Å²) in [6.07, 6.45) is 3.73. The second-order valence-electron chi connectivity index (χ2n) is 3.92. The monoisotopic (exact) mass is 261 g/mol. The third kappa shape index (κ3) is 3.05. The number of carbonyl (C=O) groups is 1. The Balaban J connectivity index is 2.11. The highest BCUT2D eigenvalue weighted by Crippen LogP contribution is 2.14. The molecule has 1 aromatic heterocycles. The maximum Gasteiger partial charge on any atom is 0.225 e. The Morgan fingerprint density at radius 3 is 2.67 bits per heavy atom. The van der Waals surface area contributed by atoms with Crippen molar-refractivity contribution in [1.29, 1.82) is 0 Å². The number of hydrogen-bond acceptors (Lipinski definition) is 4. The van der Waals surface area contributed by atoms with E-state index in [4.69, 9.17) is 11.6 Å². The van der Waals surface area contributed by atoms with E-state index >= 15 is 0 Å². The molecular weight excluding hydrogens is 250 g/mol. The minimum Gasteiger partial charge on any atom is -0.340 e. The van der Waals surface area contributed by atoms with Crippen molar-refractivity contribution < 1.29 is 4.79 Å². The standard InChI is InChI=1S/C13H12ClN3O/c1-17(8-10-3-2-4-12(14)5-10)13-15-6-11(9-18)7-16-13/h2-7,9H,8H2,1H3. The lowest BCUT2D eigenvalue weighted by Crippen LogP contribution is -2.19. The van der Waals surface area contributed by atoms with E-state index in [1.165, 1.54) is 12.4 Å². The Hall–Kier alpha value is -1.94. The van der Waals surface area contributed by atoms with E-state index in [0.29, 0.717) is 23.1 Å². The molecule has 0 aliphatic rings. The third-order valence-electron chi connectivity index (χ3n) is 2.44. The Morgan fingerprint density at radius 1 is 1.33 bits per heavy atom. The molecule has 0 radical (unpaired) electrons. The van der Waals surface area contributed by atoms with E-state index in [0.717, 1.165) is 11.8 Å². The van der Waals surface area contributed by atoms with Crippen molar-refractivity contribution in [2.75, 3.05) is 11.9 Å². The average Bonchev–Trinajstić information content (AvgIpc) is 2.39. The van der Waals surface area contributed by atoms with Crippen LogP contribution in [-0.4, -0.2) is 23.3 Å². The molecule has 0 unspecified atom stereocenters. The van der Waals surface area contributed by atoms with Gasteiger partial charge in [-0.1, -0.05) is 23.7 Å². The van der Waals surface area contributed by atoms with Crippen molar-refractivity contribution in [2.45, 2.75) is 6.54 Å². The number of aromatic nitrogens is 2. The lowest BCUT2D eigenvalue weighted by Gasteiger charge is -2.16. The van der Waals surface area contributed by atoms with E-state index in [-0.39, 0.29) is 0 Å². The lowest BCUT2D eigenvalue weighted by molar-refractivity contribution is 0.112. The second-order valence-corrected chi connectivity index (χ2v) is 4.36. The normalized spacial score (nSPS) is 10.1. The number of hydrogen-bond donors (Lipinski definition) is 0. The minimum atomic E-state index is 0.468. The smallest absolute Gasteiger partial charge is 0.225 e. The Bertz CT molecular complexity index is 542. The Morgan fingerprint density at radius 2 is 2.06 bits per heavy atom. The van der Waals surface area contributed by atoms with Crippen LogP contribution in [0.1, 0.15) is 15.9 Å². The molecule has 2 rings (SSSR count). The van der Waals surface area contributed by atoms with Crippen LogP contribution in [0, 0.1) is 0 Å². The molecule has 0 saturated heterocycles. The van der Waals surface area contributed by atoms with Crippen molar-refractivity contribution in [3.05, 3.63) is 52.8 Å². The van der Waals surface area contributed by atoms with Crippen LogP contribution in [-0.2, 0) is 6.54 Å². The number of aldehydes is 1. The summed E-state index contributed by atoms with van der Waals surface area (Å²) in [7, 11) is 1.89. The van der Waals surface area contributed by atoms with Gasteiger partial charge in [-0.15, -0.1) is 0 Å². The Kier molecular flexibility index (Phi) is 3.89. The van der Waals surface area contributed by atoms with Gasteiger partial charge < -0.3 is 4.90 Å². The van der Waals surface area contributed by atoms with Crippen LogP contribution >= 0.6 is 11.6 Å². The first-order chi connectivity index (χ1) is 8.69. The third-order valence-corrected chi connectivity index (χ3v) is 2.68. The van der Waals surface area contributed by atoms with Gasteiger partial charge in [0.15, 0.2) is 6.29 Å². The van der Waals surface area contributed by atoms with Gasteiger partial charge >= 0.3 is 0 Å². The van der Waals surface area contributed by atoms with E-state index < -0.39 is 0 Å². The summed E-state index contributed by atoms with van der Waals surface area (Å²) in [5, 5.41) is 0.707. The summed E-state index contributed by atoms with van der Waals surface area (Å²) < 4.78 is 0. The average molecular weight is 262 g/mol. The van der Waals surface area contributed by atoms with Crippen molar-refractivity contribution in [3.8, 4) is 0 Å². The van der Waals surface area contributed by atoms with Gasteiger partial charge in [0.25, 0.3) is 0 Å². The molecule has 18 heavy (non-hydrogen) atoms. The molecule has 0 N–H and O–H groups in total. The molecule has 0 spiro atoms. The van der Waals surface area contributed by atoms with E-state index in [1.54, 1.807) is 0 Å². The van der Waals surface area contributed by atoms with Crippen molar-refractivity contribution >= 4 is 23.8 Å². The fraction of sp³-hybridized carbons (Fsp3) is 0.154. The number of nitrogens with zero attached hydrogens (tertiary/aromatic N) is 3. The number of rotatable bonds is 4. The first kappa shape index (κ1) is 12.5. The zero-order chi connectivity index (χ0) is 13.0. The number of anilines is 1. The zero-order valence-electron chi connectivity index (χ0n) is 9.88. The maximum absolute atomic E-state index is 10.5. The molecule has 0 bridgehead atoms. The fourth-order valence-electron chi connectivity index (χ4n) is 1.57. The van der Waals surface area contributed by atoms with Crippen LogP contribution in [0.2, 0.25) is 5.02 Å². The topological polar surface area (TPSA) is 46.1 Å². The summed E-state index contributed by atoms with van der Waals surface area (Å²) in [6, 6.07) is 7.63. The van der Waals surface area contributed by atoms with E-state index in [9.17, 15) is 4.79 Å². The zero-order valence-corrected chi connectivity index (χ0v) is 10.6. The first-order valence-electron chi connectivity index (χ1n) is 5.42. The van der Waals surface area contributed by atoms with E-state index in [1.807, 2.05) is 36.2 Å². The number of carbonyl (C=O) groups excluding carboxylic acids is 1. The highest BCUT2D eigenvalue weighted by molar-refractivity contribution is 6.30. The van der Waals surface area contributed by atoms with Crippen LogP contribution in [0.4, 0.5) is 5.95 Å². The molecule has 1 aromatic carbocycles. The summed E-state index contributed by atoms with van der Waals surface area (Å²) in [5.74, 6) is 0.570. The molecular formula is C13H12ClN3O.